The second-order valence-electron chi connectivity index (χ2n) is 4.68. The van der Waals surface area contributed by atoms with E-state index in [4.69, 9.17) is 21.1 Å². The molecule has 0 saturated heterocycles. The van der Waals surface area contributed by atoms with Gasteiger partial charge in [-0.3, -0.25) is 10.1 Å². The summed E-state index contributed by atoms with van der Waals surface area (Å²) in [6, 6.07) is 2.94. The van der Waals surface area contributed by atoms with E-state index >= 15 is 0 Å². The van der Waals surface area contributed by atoms with Crippen molar-refractivity contribution in [1.82, 2.24) is 10.6 Å². The number of halogens is 2. The van der Waals surface area contributed by atoms with Crippen LogP contribution in [0.4, 0.5) is 4.79 Å². The number of amides is 3. The average Bonchev–Trinajstić information content (AvgIpc) is 2.45. The van der Waals surface area contributed by atoms with Crippen molar-refractivity contribution in [1.29, 1.82) is 0 Å². The average molecular weight is 408 g/mol. The fraction of sp³-hybridized carbons (Fsp3) is 0.467. The highest BCUT2D eigenvalue weighted by atomic mass is 79.9. The summed E-state index contributed by atoms with van der Waals surface area (Å²) in [6.45, 7) is 5.05. The van der Waals surface area contributed by atoms with Crippen molar-refractivity contribution >= 4 is 39.5 Å². The van der Waals surface area contributed by atoms with Crippen LogP contribution in [0.25, 0.3) is 0 Å². The van der Waals surface area contributed by atoms with Crippen molar-refractivity contribution in [2.24, 2.45) is 0 Å². The van der Waals surface area contributed by atoms with Crippen LogP contribution < -0.4 is 15.4 Å². The minimum atomic E-state index is -0.561. The predicted octanol–water partition coefficient (Wildman–Crippen LogP) is 3.04. The standard InChI is InChI=1S/C15H20BrClN2O4/c1-3-22-6-4-5-18-15(21)19-13(20)9-23-14-10(2)7-11(16)8-12(14)17/h7-8H,3-6,9H2,1-2H3,(H2,18,19,20,21). The second kappa shape index (κ2) is 10.5. The van der Waals surface area contributed by atoms with Gasteiger partial charge >= 0.3 is 6.03 Å². The summed E-state index contributed by atoms with van der Waals surface area (Å²) in [4.78, 5) is 23.2. The van der Waals surface area contributed by atoms with Crippen LogP contribution >= 0.6 is 27.5 Å². The largest absolute Gasteiger partial charge is 0.482 e. The van der Waals surface area contributed by atoms with Gasteiger partial charge in [0.05, 0.1) is 5.02 Å². The molecule has 0 atom stereocenters. The zero-order valence-electron chi connectivity index (χ0n) is 13.1. The molecular formula is C15H20BrClN2O4. The Bertz CT molecular complexity index is 531. The van der Waals surface area contributed by atoms with Crippen LogP contribution in [-0.2, 0) is 9.53 Å². The summed E-state index contributed by atoms with van der Waals surface area (Å²) >= 11 is 9.37. The van der Waals surface area contributed by atoms with Gasteiger partial charge in [0.2, 0.25) is 0 Å². The summed E-state index contributed by atoms with van der Waals surface area (Å²) in [5, 5.41) is 5.14. The molecule has 0 bridgehead atoms. The van der Waals surface area contributed by atoms with E-state index in [1.807, 2.05) is 19.9 Å². The van der Waals surface area contributed by atoms with E-state index in [1.165, 1.54) is 0 Å². The summed E-state index contributed by atoms with van der Waals surface area (Å²) in [6.07, 6.45) is 0.680. The number of imide groups is 1. The molecule has 128 valence electrons. The van der Waals surface area contributed by atoms with Gasteiger partial charge in [0.25, 0.3) is 5.91 Å². The van der Waals surface area contributed by atoms with Crippen LogP contribution in [0.5, 0.6) is 5.75 Å². The predicted molar refractivity (Wildman–Crippen MR) is 92.0 cm³/mol. The normalized spacial score (nSPS) is 10.3. The van der Waals surface area contributed by atoms with Gasteiger partial charge in [-0.05, 0) is 38.0 Å². The molecule has 0 aromatic heterocycles. The van der Waals surface area contributed by atoms with Gasteiger partial charge in [0, 0.05) is 24.2 Å². The number of urea groups is 1. The molecule has 0 spiro atoms. The van der Waals surface area contributed by atoms with Gasteiger partial charge in [-0.15, -0.1) is 0 Å². The van der Waals surface area contributed by atoms with Crippen LogP contribution in [0.15, 0.2) is 16.6 Å². The van der Waals surface area contributed by atoms with Crippen molar-refractivity contribution in [2.45, 2.75) is 20.3 Å². The van der Waals surface area contributed by atoms with E-state index in [-0.39, 0.29) is 6.61 Å². The van der Waals surface area contributed by atoms with E-state index in [0.29, 0.717) is 37.0 Å². The smallest absolute Gasteiger partial charge is 0.321 e. The number of rotatable bonds is 8. The Morgan fingerprint density at radius 3 is 2.74 bits per heavy atom. The minimum absolute atomic E-state index is 0.297. The van der Waals surface area contributed by atoms with E-state index in [2.05, 4.69) is 26.6 Å². The fourth-order valence-corrected chi connectivity index (χ4v) is 2.76. The number of hydrogen-bond donors (Lipinski definition) is 2. The lowest BCUT2D eigenvalue weighted by Crippen LogP contribution is -2.42. The minimum Gasteiger partial charge on any atom is -0.482 e. The Kier molecular flexibility index (Phi) is 8.98. The Hall–Kier alpha value is -1.31. The van der Waals surface area contributed by atoms with Crippen LogP contribution in [-0.4, -0.2) is 38.3 Å². The lowest BCUT2D eigenvalue weighted by Gasteiger charge is -2.11. The maximum Gasteiger partial charge on any atom is 0.321 e. The first-order valence-corrected chi connectivity index (χ1v) is 8.35. The third-order valence-electron chi connectivity index (χ3n) is 2.75. The quantitative estimate of drug-likeness (QED) is 0.649. The van der Waals surface area contributed by atoms with E-state index in [0.717, 1.165) is 10.0 Å². The topological polar surface area (TPSA) is 76.7 Å². The maximum atomic E-state index is 11.7. The monoisotopic (exact) mass is 406 g/mol. The van der Waals surface area contributed by atoms with Gasteiger partial charge in [-0.1, -0.05) is 27.5 Å². The molecule has 1 aromatic rings. The molecule has 0 aliphatic rings. The van der Waals surface area contributed by atoms with Gasteiger partial charge < -0.3 is 14.8 Å². The van der Waals surface area contributed by atoms with Gasteiger partial charge in [0.1, 0.15) is 5.75 Å². The molecule has 3 amide bonds. The van der Waals surface area contributed by atoms with Crippen molar-refractivity contribution in [2.75, 3.05) is 26.4 Å². The first-order chi connectivity index (χ1) is 10.9. The molecule has 1 aromatic carbocycles. The maximum absolute atomic E-state index is 11.7. The molecule has 1 rings (SSSR count). The Morgan fingerprint density at radius 1 is 1.35 bits per heavy atom. The number of aryl methyl sites for hydroxylation is 1. The van der Waals surface area contributed by atoms with Crippen LogP contribution in [0.2, 0.25) is 5.02 Å². The molecule has 6 nitrogen and oxygen atoms in total. The third-order valence-corrected chi connectivity index (χ3v) is 3.49. The molecular weight excluding hydrogens is 388 g/mol. The van der Waals surface area contributed by atoms with Crippen molar-refractivity contribution < 1.29 is 19.1 Å². The molecule has 0 aliphatic carbocycles. The molecule has 8 heteroatoms. The van der Waals surface area contributed by atoms with E-state index in [1.54, 1.807) is 6.07 Å². The molecule has 0 aliphatic heterocycles. The zero-order valence-corrected chi connectivity index (χ0v) is 15.4. The highest BCUT2D eigenvalue weighted by Gasteiger charge is 2.12. The molecule has 0 radical (unpaired) electrons. The molecule has 23 heavy (non-hydrogen) atoms. The highest BCUT2D eigenvalue weighted by Crippen LogP contribution is 2.31. The van der Waals surface area contributed by atoms with Crippen molar-refractivity contribution in [3.8, 4) is 5.75 Å². The summed E-state index contributed by atoms with van der Waals surface area (Å²) in [5.41, 5.74) is 0.789. The number of ether oxygens (including phenoxy) is 2. The number of carbonyl (C=O) groups excluding carboxylic acids is 2. The molecule has 0 heterocycles. The SMILES string of the molecule is CCOCCCNC(=O)NC(=O)COc1c(C)cc(Br)cc1Cl. The van der Waals surface area contributed by atoms with Crippen molar-refractivity contribution in [3.05, 3.63) is 27.2 Å². The summed E-state index contributed by atoms with van der Waals surface area (Å²) < 4.78 is 11.3. The lowest BCUT2D eigenvalue weighted by molar-refractivity contribution is -0.122. The first kappa shape index (κ1) is 19.7. The van der Waals surface area contributed by atoms with Crippen LogP contribution in [0.3, 0.4) is 0 Å². The van der Waals surface area contributed by atoms with Gasteiger partial charge in [0.15, 0.2) is 6.61 Å². The van der Waals surface area contributed by atoms with E-state index < -0.39 is 11.9 Å². The molecule has 0 saturated carbocycles. The van der Waals surface area contributed by atoms with E-state index in [9.17, 15) is 9.59 Å². The molecule has 2 N–H and O–H groups in total. The number of benzene rings is 1. The van der Waals surface area contributed by atoms with Gasteiger partial charge in [-0.2, -0.15) is 0 Å². The van der Waals surface area contributed by atoms with Crippen LogP contribution in [0.1, 0.15) is 18.9 Å². The lowest BCUT2D eigenvalue weighted by atomic mass is 10.2. The Labute approximate surface area is 149 Å². The first-order valence-electron chi connectivity index (χ1n) is 7.18. The Balaban J connectivity index is 2.33. The molecule has 0 unspecified atom stereocenters. The van der Waals surface area contributed by atoms with Gasteiger partial charge in [-0.25, -0.2) is 4.79 Å². The van der Waals surface area contributed by atoms with Crippen LogP contribution in [0, 0.1) is 6.92 Å². The number of carbonyl (C=O) groups is 2. The Morgan fingerprint density at radius 2 is 2.09 bits per heavy atom. The summed E-state index contributed by atoms with van der Waals surface area (Å²) in [5.74, 6) is -0.132. The van der Waals surface area contributed by atoms with Crippen molar-refractivity contribution in [3.63, 3.8) is 0 Å². The zero-order chi connectivity index (χ0) is 17.2. The third kappa shape index (κ3) is 7.67. The second-order valence-corrected chi connectivity index (χ2v) is 6.00. The number of nitrogens with one attached hydrogen (secondary N) is 2. The highest BCUT2D eigenvalue weighted by molar-refractivity contribution is 9.10. The molecule has 0 fully saturated rings. The number of hydrogen-bond acceptors (Lipinski definition) is 4. The fourth-order valence-electron chi connectivity index (χ4n) is 1.74. The summed E-state index contributed by atoms with van der Waals surface area (Å²) in [7, 11) is 0.